The molecular weight excluding hydrogens is 226 g/mol. The fourth-order valence-electron chi connectivity index (χ4n) is 1.82. The Bertz CT molecular complexity index is 366. The van der Waals surface area contributed by atoms with E-state index in [9.17, 15) is 5.11 Å². The molecule has 0 fully saturated rings. The molecule has 0 saturated carbocycles. The average Bonchev–Trinajstić information content (AvgIpc) is 2.17. The molecule has 0 spiro atoms. The summed E-state index contributed by atoms with van der Waals surface area (Å²) in [6, 6.07) is 3.59. The molecule has 0 heterocycles. The van der Waals surface area contributed by atoms with Crippen molar-refractivity contribution < 1.29 is 9.84 Å². The van der Waals surface area contributed by atoms with Crippen LogP contribution < -0.4 is 4.74 Å². The number of methoxy groups -OCH3 is 1. The van der Waals surface area contributed by atoms with Crippen LogP contribution in [0.15, 0.2) is 12.1 Å². The summed E-state index contributed by atoms with van der Waals surface area (Å²) in [5.74, 6) is 0.789. The van der Waals surface area contributed by atoms with Gasteiger partial charge in [-0.15, -0.1) is 0 Å². The van der Waals surface area contributed by atoms with Gasteiger partial charge in [0.2, 0.25) is 0 Å². The van der Waals surface area contributed by atoms with Gasteiger partial charge in [0.15, 0.2) is 0 Å². The van der Waals surface area contributed by atoms with E-state index < -0.39 is 0 Å². The smallest absolute Gasteiger partial charge is 0.126 e. The Morgan fingerprint density at radius 1 is 1.44 bits per heavy atom. The predicted octanol–water partition coefficient (Wildman–Crippen LogP) is 2.25. The lowest BCUT2D eigenvalue weighted by atomic mass is 10.0. The summed E-state index contributed by atoms with van der Waals surface area (Å²) in [6.45, 7) is 1.97. The van der Waals surface area contributed by atoms with Crippen LogP contribution in [0.3, 0.4) is 0 Å². The van der Waals surface area contributed by atoms with E-state index in [1.807, 2.05) is 38.1 Å². The van der Waals surface area contributed by atoms with Crippen LogP contribution in [0.2, 0.25) is 5.02 Å². The fourth-order valence-corrected chi connectivity index (χ4v) is 2.10. The Morgan fingerprint density at radius 2 is 2.06 bits per heavy atom. The summed E-state index contributed by atoms with van der Waals surface area (Å²) < 4.78 is 5.37. The van der Waals surface area contributed by atoms with Gasteiger partial charge in [0.25, 0.3) is 0 Å². The topological polar surface area (TPSA) is 32.7 Å². The molecule has 90 valence electrons. The molecule has 16 heavy (non-hydrogen) atoms. The van der Waals surface area contributed by atoms with Crippen LogP contribution in [-0.4, -0.2) is 37.8 Å². The van der Waals surface area contributed by atoms with Gasteiger partial charge >= 0.3 is 0 Å². The van der Waals surface area contributed by atoms with Gasteiger partial charge in [0.1, 0.15) is 5.75 Å². The molecule has 0 aliphatic carbocycles. The zero-order valence-corrected chi connectivity index (χ0v) is 10.9. The first kappa shape index (κ1) is 13.3. The van der Waals surface area contributed by atoms with E-state index in [0.29, 0.717) is 5.02 Å². The van der Waals surface area contributed by atoms with E-state index in [-0.39, 0.29) is 12.6 Å². The number of likely N-dealkylation sites (N-methyl/N-ethyl adjacent to an activating group) is 1. The number of nitrogens with zero attached hydrogens (tertiary/aromatic N) is 1. The number of benzene rings is 1. The van der Waals surface area contributed by atoms with Crippen molar-refractivity contribution in [2.75, 3.05) is 27.8 Å². The molecule has 0 aromatic heterocycles. The number of aliphatic hydroxyl groups is 1. The lowest BCUT2D eigenvalue weighted by Gasteiger charge is -2.25. The van der Waals surface area contributed by atoms with Crippen molar-refractivity contribution in [2.45, 2.75) is 13.0 Å². The number of aryl methyl sites for hydroxylation is 1. The van der Waals surface area contributed by atoms with E-state index in [4.69, 9.17) is 16.3 Å². The van der Waals surface area contributed by atoms with Crippen LogP contribution in [0.1, 0.15) is 17.2 Å². The highest BCUT2D eigenvalue weighted by Gasteiger charge is 2.19. The van der Waals surface area contributed by atoms with Gasteiger partial charge in [-0.25, -0.2) is 0 Å². The van der Waals surface area contributed by atoms with Gasteiger partial charge in [0.05, 0.1) is 19.8 Å². The number of ether oxygens (including phenoxy) is 1. The normalized spacial score (nSPS) is 12.9. The summed E-state index contributed by atoms with van der Waals surface area (Å²) in [7, 11) is 5.46. The highest BCUT2D eigenvalue weighted by atomic mass is 35.5. The molecule has 4 heteroatoms. The highest BCUT2D eigenvalue weighted by molar-refractivity contribution is 6.30. The first-order chi connectivity index (χ1) is 7.51. The second-order valence-corrected chi connectivity index (χ2v) is 4.44. The summed E-state index contributed by atoms with van der Waals surface area (Å²) in [5.41, 5.74) is 1.89. The van der Waals surface area contributed by atoms with Crippen molar-refractivity contribution in [2.24, 2.45) is 0 Å². The first-order valence-electron chi connectivity index (χ1n) is 5.12. The van der Waals surface area contributed by atoms with Gasteiger partial charge in [-0.05, 0) is 38.7 Å². The molecule has 1 aromatic rings. The van der Waals surface area contributed by atoms with Crippen molar-refractivity contribution in [3.8, 4) is 5.75 Å². The molecule has 1 unspecified atom stereocenters. The van der Waals surface area contributed by atoms with Crippen LogP contribution >= 0.6 is 11.6 Å². The number of halogens is 1. The molecule has 1 N–H and O–H groups in total. The molecule has 1 atom stereocenters. The van der Waals surface area contributed by atoms with Crippen molar-refractivity contribution in [3.05, 3.63) is 28.3 Å². The molecular formula is C12H18ClNO2. The second-order valence-electron chi connectivity index (χ2n) is 4.01. The molecule has 0 bridgehead atoms. The van der Waals surface area contributed by atoms with Gasteiger partial charge in [-0.2, -0.15) is 0 Å². The third kappa shape index (κ3) is 2.67. The number of aliphatic hydroxyl groups excluding tert-OH is 1. The highest BCUT2D eigenvalue weighted by Crippen LogP contribution is 2.33. The largest absolute Gasteiger partial charge is 0.496 e. The molecule has 0 amide bonds. The standard InChI is InChI=1S/C12H18ClNO2/c1-8-5-9(13)6-10(12(8)16-4)11(7-15)14(2)3/h5-6,11,15H,7H2,1-4H3. The Balaban J connectivity index is 3.29. The average molecular weight is 244 g/mol. The Kier molecular flexibility index (Phi) is 4.59. The van der Waals surface area contributed by atoms with Crippen LogP contribution in [0.5, 0.6) is 5.75 Å². The van der Waals surface area contributed by atoms with Crippen molar-refractivity contribution >= 4 is 11.6 Å². The summed E-state index contributed by atoms with van der Waals surface area (Å²) in [4.78, 5) is 1.94. The van der Waals surface area contributed by atoms with E-state index in [1.54, 1.807) is 7.11 Å². The van der Waals surface area contributed by atoms with Crippen LogP contribution in [-0.2, 0) is 0 Å². The van der Waals surface area contributed by atoms with E-state index in [2.05, 4.69) is 0 Å². The molecule has 1 aromatic carbocycles. The molecule has 0 radical (unpaired) electrons. The molecule has 0 saturated heterocycles. The van der Waals surface area contributed by atoms with E-state index in [0.717, 1.165) is 16.9 Å². The zero-order chi connectivity index (χ0) is 12.3. The predicted molar refractivity (Wildman–Crippen MR) is 66.3 cm³/mol. The van der Waals surface area contributed by atoms with Gasteiger partial charge in [-0.3, -0.25) is 0 Å². The van der Waals surface area contributed by atoms with Gasteiger partial charge < -0.3 is 14.7 Å². The first-order valence-corrected chi connectivity index (χ1v) is 5.50. The Morgan fingerprint density at radius 3 is 2.50 bits per heavy atom. The quantitative estimate of drug-likeness (QED) is 0.881. The van der Waals surface area contributed by atoms with Crippen LogP contribution in [0.25, 0.3) is 0 Å². The minimum atomic E-state index is -0.104. The second kappa shape index (κ2) is 5.53. The van der Waals surface area contributed by atoms with Crippen molar-refractivity contribution in [3.63, 3.8) is 0 Å². The van der Waals surface area contributed by atoms with E-state index >= 15 is 0 Å². The maximum Gasteiger partial charge on any atom is 0.126 e. The maximum absolute atomic E-state index is 9.41. The Labute approximate surface area is 102 Å². The van der Waals surface area contributed by atoms with Crippen LogP contribution in [0.4, 0.5) is 0 Å². The maximum atomic E-state index is 9.41. The van der Waals surface area contributed by atoms with Gasteiger partial charge in [0, 0.05) is 10.6 Å². The molecule has 0 aliphatic heterocycles. The summed E-state index contributed by atoms with van der Waals surface area (Å²) >= 11 is 6.03. The molecule has 0 aliphatic rings. The van der Waals surface area contributed by atoms with Crippen LogP contribution in [0, 0.1) is 6.92 Å². The van der Waals surface area contributed by atoms with E-state index in [1.165, 1.54) is 0 Å². The number of rotatable bonds is 4. The minimum Gasteiger partial charge on any atom is -0.496 e. The molecule has 3 nitrogen and oxygen atoms in total. The number of hydrogen-bond donors (Lipinski definition) is 1. The zero-order valence-electron chi connectivity index (χ0n) is 10.1. The lowest BCUT2D eigenvalue weighted by Crippen LogP contribution is -2.23. The third-order valence-corrected chi connectivity index (χ3v) is 2.85. The van der Waals surface area contributed by atoms with Crippen molar-refractivity contribution in [1.29, 1.82) is 0 Å². The lowest BCUT2D eigenvalue weighted by molar-refractivity contribution is 0.168. The Hall–Kier alpha value is -0.770. The fraction of sp³-hybridized carbons (Fsp3) is 0.500. The number of hydrogen-bond acceptors (Lipinski definition) is 3. The minimum absolute atomic E-state index is 0.0309. The third-order valence-electron chi connectivity index (χ3n) is 2.63. The summed E-state index contributed by atoms with van der Waals surface area (Å²) in [6.07, 6.45) is 0. The monoisotopic (exact) mass is 243 g/mol. The summed E-state index contributed by atoms with van der Waals surface area (Å²) in [5, 5.41) is 10.1. The molecule has 1 rings (SSSR count). The van der Waals surface area contributed by atoms with Gasteiger partial charge in [-0.1, -0.05) is 11.6 Å². The SMILES string of the molecule is COc1c(C)cc(Cl)cc1C(CO)N(C)C. The van der Waals surface area contributed by atoms with Crippen molar-refractivity contribution in [1.82, 2.24) is 4.90 Å².